The molecule has 0 spiro atoms. The first kappa shape index (κ1) is 12.8. The molecule has 1 aromatic carbocycles. The molecule has 18 heavy (non-hydrogen) atoms. The maximum atomic E-state index is 12.9. The highest BCUT2D eigenvalue weighted by Gasteiger charge is 2.17. The molecule has 0 saturated heterocycles. The summed E-state index contributed by atoms with van der Waals surface area (Å²) in [6.45, 7) is 0. The minimum Gasteiger partial charge on any atom is -0.278 e. The first-order chi connectivity index (χ1) is 8.49. The van der Waals surface area contributed by atoms with E-state index >= 15 is 0 Å². The topological polar surface area (TPSA) is 59.1 Å². The predicted octanol–water partition coefficient (Wildman–Crippen LogP) is 2.67. The summed E-state index contributed by atoms with van der Waals surface area (Å²) in [6.07, 6.45) is 2.19. The fourth-order valence-electron chi connectivity index (χ4n) is 1.34. The Balaban J connectivity index is 2.37. The van der Waals surface area contributed by atoms with Gasteiger partial charge in [0.15, 0.2) is 0 Å². The summed E-state index contributed by atoms with van der Waals surface area (Å²) >= 11 is 5.80. The molecule has 1 aromatic heterocycles. The van der Waals surface area contributed by atoms with E-state index in [0.29, 0.717) is 0 Å². The van der Waals surface area contributed by atoms with Crippen LogP contribution in [0.1, 0.15) is 0 Å². The molecule has 0 atom stereocenters. The maximum absolute atomic E-state index is 12.9. The zero-order valence-electron chi connectivity index (χ0n) is 8.97. The lowest BCUT2D eigenvalue weighted by Gasteiger charge is -2.08. The summed E-state index contributed by atoms with van der Waals surface area (Å²) in [7, 11) is -3.85. The number of hydrogen-bond donors (Lipinski definition) is 1. The fraction of sp³-hybridized carbons (Fsp3) is 0. The van der Waals surface area contributed by atoms with Crippen molar-refractivity contribution in [1.29, 1.82) is 0 Å². The molecule has 1 N–H and O–H groups in total. The fourth-order valence-corrected chi connectivity index (χ4v) is 2.90. The van der Waals surface area contributed by atoms with Gasteiger partial charge in [-0.2, -0.15) is 0 Å². The molecule has 0 unspecified atom stereocenters. The van der Waals surface area contributed by atoms with Gasteiger partial charge < -0.3 is 0 Å². The lowest BCUT2D eigenvalue weighted by atomic mass is 10.4. The third kappa shape index (κ3) is 2.77. The summed E-state index contributed by atoms with van der Waals surface area (Å²) in [6, 6.07) is 7.01. The highest BCUT2D eigenvalue weighted by Crippen LogP contribution is 2.23. The molecule has 2 rings (SSSR count). The summed E-state index contributed by atoms with van der Waals surface area (Å²) in [5, 5.41) is 0.0920. The molecule has 2 aromatic rings. The molecule has 4 nitrogen and oxygen atoms in total. The first-order valence-electron chi connectivity index (χ1n) is 4.87. The predicted molar refractivity (Wildman–Crippen MR) is 66.5 cm³/mol. The van der Waals surface area contributed by atoms with Crippen LogP contribution >= 0.6 is 11.6 Å². The molecule has 0 amide bonds. The minimum absolute atomic E-state index is 0.0370. The molecule has 0 bridgehead atoms. The number of nitrogens with one attached hydrogen (secondary N) is 1. The largest absolute Gasteiger partial charge is 0.278 e. The average Bonchev–Trinajstić information content (AvgIpc) is 2.28. The van der Waals surface area contributed by atoms with Gasteiger partial charge in [0.25, 0.3) is 10.0 Å². The van der Waals surface area contributed by atoms with Gasteiger partial charge in [0.05, 0.1) is 23.1 Å². The van der Waals surface area contributed by atoms with Crippen LogP contribution in [0.25, 0.3) is 0 Å². The normalized spacial score (nSPS) is 11.2. The highest BCUT2D eigenvalue weighted by atomic mass is 35.5. The zero-order chi connectivity index (χ0) is 13.2. The second-order valence-corrected chi connectivity index (χ2v) is 5.49. The standard InChI is InChI=1S/C11H8ClFN2O2S/c12-10-3-1-2-4-11(10)18(16,17)15-9-5-8(13)6-14-7-9/h1-7,15H. The van der Waals surface area contributed by atoms with Crippen molar-refractivity contribution in [3.63, 3.8) is 0 Å². The van der Waals surface area contributed by atoms with E-state index in [2.05, 4.69) is 9.71 Å². The molecule has 94 valence electrons. The minimum atomic E-state index is -3.85. The Kier molecular flexibility index (Phi) is 3.49. The molecule has 1 heterocycles. The number of benzene rings is 1. The van der Waals surface area contributed by atoms with Gasteiger partial charge in [0, 0.05) is 6.07 Å². The second kappa shape index (κ2) is 4.91. The summed E-state index contributed by atoms with van der Waals surface area (Å²) in [5.74, 6) is -0.630. The van der Waals surface area contributed by atoms with Crippen LogP contribution in [0.15, 0.2) is 47.6 Å². The van der Waals surface area contributed by atoms with Crippen molar-refractivity contribution in [2.75, 3.05) is 4.72 Å². The Morgan fingerprint density at radius 1 is 1.22 bits per heavy atom. The second-order valence-electron chi connectivity index (χ2n) is 3.43. The van der Waals surface area contributed by atoms with Crippen LogP contribution in [0, 0.1) is 5.82 Å². The lowest BCUT2D eigenvalue weighted by molar-refractivity contribution is 0.601. The molecule has 0 aliphatic heterocycles. The van der Waals surface area contributed by atoms with Gasteiger partial charge in [-0.15, -0.1) is 0 Å². The van der Waals surface area contributed by atoms with Crippen molar-refractivity contribution in [1.82, 2.24) is 4.98 Å². The molecular formula is C11H8ClFN2O2S. The smallest absolute Gasteiger partial charge is 0.263 e. The van der Waals surface area contributed by atoms with Crippen molar-refractivity contribution >= 4 is 27.3 Å². The van der Waals surface area contributed by atoms with Gasteiger partial charge >= 0.3 is 0 Å². The number of aromatic nitrogens is 1. The Hall–Kier alpha value is -1.66. The van der Waals surface area contributed by atoms with E-state index in [1.54, 1.807) is 12.1 Å². The molecule has 0 aliphatic rings. The summed E-state index contributed by atoms with van der Waals surface area (Å²) in [4.78, 5) is 3.48. The van der Waals surface area contributed by atoms with Crippen molar-refractivity contribution in [2.45, 2.75) is 4.90 Å². The van der Waals surface area contributed by atoms with E-state index in [1.165, 1.54) is 18.3 Å². The monoisotopic (exact) mass is 286 g/mol. The van der Waals surface area contributed by atoms with E-state index in [0.717, 1.165) is 12.3 Å². The van der Waals surface area contributed by atoms with Gasteiger partial charge in [0.2, 0.25) is 0 Å². The van der Waals surface area contributed by atoms with Crippen molar-refractivity contribution in [3.8, 4) is 0 Å². The van der Waals surface area contributed by atoms with Gasteiger partial charge in [-0.05, 0) is 12.1 Å². The van der Waals surface area contributed by atoms with Crippen molar-refractivity contribution in [3.05, 3.63) is 53.6 Å². The number of nitrogens with zero attached hydrogens (tertiary/aromatic N) is 1. The highest BCUT2D eigenvalue weighted by molar-refractivity contribution is 7.92. The molecule has 0 aliphatic carbocycles. The van der Waals surface area contributed by atoms with E-state index in [1.807, 2.05) is 0 Å². The number of rotatable bonds is 3. The van der Waals surface area contributed by atoms with Crippen molar-refractivity contribution < 1.29 is 12.8 Å². The number of anilines is 1. The van der Waals surface area contributed by atoms with Gasteiger partial charge in [-0.3, -0.25) is 9.71 Å². The van der Waals surface area contributed by atoms with E-state index < -0.39 is 15.8 Å². The Morgan fingerprint density at radius 3 is 2.61 bits per heavy atom. The third-order valence-corrected chi connectivity index (χ3v) is 3.96. The van der Waals surface area contributed by atoms with Crippen LogP contribution in [0.4, 0.5) is 10.1 Å². The van der Waals surface area contributed by atoms with E-state index in [-0.39, 0.29) is 15.6 Å². The number of sulfonamides is 1. The molecule has 0 fully saturated rings. The van der Waals surface area contributed by atoms with Crippen LogP contribution in [0.5, 0.6) is 0 Å². The molecule has 0 radical (unpaired) electrons. The Labute approximate surface area is 108 Å². The Morgan fingerprint density at radius 2 is 1.94 bits per heavy atom. The van der Waals surface area contributed by atoms with Gasteiger partial charge in [0.1, 0.15) is 10.7 Å². The quantitative estimate of drug-likeness (QED) is 0.944. The van der Waals surface area contributed by atoms with E-state index in [9.17, 15) is 12.8 Å². The summed E-state index contributed by atoms with van der Waals surface area (Å²) in [5.41, 5.74) is 0.0370. The van der Waals surface area contributed by atoms with E-state index in [4.69, 9.17) is 11.6 Å². The first-order valence-corrected chi connectivity index (χ1v) is 6.73. The van der Waals surface area contributed by atoms with Crippen LogP contribution < -0.4 is 4.72 Å². The Bertz CT molecular complexity index is 676. The number of hydrogen-bond acceptors (Lipinski definition) is 3. The van der Waals surface area contributed by atoms with Crippen LogP contribution in [-0.2, 0) is 10.0 Å². The van der Waals surface area contributed by atoms with Crippen molar-refractivity contribution in [2.24, 2.45) is 0 Å². The van der Waals surface area contributed by atoms with Crippen LogP contribution in [0.2, 0.25) is 5.02 Å². The SMILES string of the molecule is O=S(=O)(Nc1cncc(F)c1)c1ccccc1Cl. The maximum Gasteiger partial charge on any atom is 0.263 e. The number of pyridine rings is 1. The average molecular weight is 287 g/mol. The van der Waals surface area contributed by atoms with Crippen LogP contribution in [-0.4, -0.2) is 13.4 Å². The molecule has 7 heteroatoms. The molecular weight excluding hydrogens is 279 g/mol. The zero-order valence-corrected chi connectivity index (χ0v) is 10.5. The van der Waals surface area contributed by atoms with Gasteiger partial charge in [-0.25, -0.2) is 12.8 Å². The summed E-state index contributed by atoms with van der Waals surface area (Å²) < 4.78 is 39.1. The van der Waals surface area contributed by atoms with Crippen LogP contribution in [0.3, 0.4) is 0 Å². The lowest BCUT2D eigenvalue weighted by Crippen LogP contribution is -2.13. The molecule has 0 saturated carbocycles. The van der Waals surface area contributed by atoms with Gasteiger partial charge in [-0.1, -0.05) is 23.7 Å². The number of halogens is 2. The third-order valence-electron chi connectivity index (χ3n) is 2.08.